The summed E-state index contributed by atoms with van der Waals surface area (Å²) in [6.45, 7) is 0.129. The number of aromatic nitrogens is 1. The molecule has 2 aromatic rings. The standard InChI is InChI=1S/C15H16N2O4S/c1-21-12-4-2-10(3-5-12)15-17-11(9-22-15)8-13(18)16-7-6-14(19)20/h2-5,9H,6-8H2,1H3,(H,16,18)(H,19,20). The van der Waals surface area contributed by atoms with Gasteiger partial charge in [-0.25, -0.2) is 4.98 Å². The Labute approximate surface area is 131 Å². The number of nitrogens with one attached hydrogen (secondary N) is 1. The average Bonchev–Trinajstić information content (AvgIpc) is 2.95. The van der Waals surface area contributed by atoms with E-state index in [9.17, 15) is 9.59 Å². The van der Waals surface area contributed by atoms with E-state index in [1.807, 2.05) is 29.6 Å². The molecular formula is C15H16N2O4S. The number of methoxy groups -OCH3 is 1. The highest BCUT2D eigenvalue weighted by Crippen LogP contribution is 2.25. The van der Waals surface area contributed by atoms with Crippen molar-refractivity contribution >= 4 is 23.2 Å². The van der Waals surface area contributed by atoms with Crippen molar-refractivity contribution in [2.45, 2.75) is 12.8 Å². The lowest BCUT2D eigenvalue weighted by atomic mass is 10.2. The molecule has 1 aromatic heterocycles. The number of benzene rings is 1. The third-order valence-electron chi connectivity index (χ3n) is 2.89. The molecule has 1 aromatic carbocycles. The van der Waals surface area contributed by atoms with E-state index >= 15 is 0 Å². The first kappa shape index (κ1) is 16.0. The molecule has 0 atom stereocenters. The number of rotatable bonds is 7. The molecule has 22 heavy (non-hydrogen) atoms. The van der Waals surface area contributed by atoms with Gasteiger partial charge in [-0.05, 0) is 24.3 Å². The maximum absolute atomic E-state index is 11.7. The van der Waals surface area contributed by atoms with Crippen LogP contribution in [-0.2, 0) is 16.0 Å². The molecule has 1 amide bonds. The van der Waals surface area contributed by atoms with Gasteiger partial charge in [0.1, 0.15) is 10.8 Å². The largest absolute Gasteiger partial charge is 0.497 e. The van der Waals surface area contributed by atoms with Crippen LogP contribution in [0.2, 0.25) is 0 Å². The third kappa shape index (κ3) is 4.56. The van der Waals surface area contributed by atoms with E-state index in [-0.39, 0.29) is 25.3 Å². The van der Waals surface area contributed by atoms with Crippen LogP contribution < -0.4 is 10.1 Å². The van der Waals surface area contributed by atoms with Gasteiger partial charge in [0.2, 0.25) is 5.91 Å². The zero-order valence-electron chi connectivity index (χ0n) is 12.0. The summed E-state index contributed by atoms with van der Waals surface area (Å²) in [5, 5.41) is 13.7. The normalized spacial score (nSPS) is 10.2. The maximum atomic E-state index is 11.7. The van der Waals surface area contributed by atoms with Gasteiger partial charge in [-0.3, -0.25) is 9.59 Å². The Kier molecular flexibility index (Phi) is 5.48. The summed E-state index contributed by atoms with van der Waals surface area (Å²) in [6.07, 6.45) is 0.0617. The molecule has 2 N–H and O–H groups in total. The molecule has 116 valence electrons. The summed E-state index contributed by atoms with van der Waals surface area (Å²) in [5.41, 5.74) is 1.63. The van der Waals surface area contributed by atoms with Crippen molar-refractivity contribution in [3.8, 4) is 16.3 Å². The van der Waals surface area contributed by atoms with Crippen LogP contribution in [0.3, 0.4) is 0 Å². The maximum Gasteiger partial charge on any atom is 0.305 e. The molecule has 0 fully saturated rings. The molecule has 1 heterocycles. The van der Waals surface area contributed by atoms with E-state index < -0.39 is 5.97 Å². The van der Waals surface area contributed by atoms with Crippen molar-refractivity contribution in [1.29, 1.82) is 0 Å². The van der Waals surface area contributed by atoms with Crippen LogP contribution in [0.15, 0.2) is 29.6 Å². The van der Waals surface area contributed by atoms with Gasteiger partial charge in [-0.2, -0.15) is 0 Å². The zero-order chi connectivity index (χ0) is 15.9. The van der Waals surface area contributed by atoms with Crippen LogP contribution in [0.25, 0.3) is 10.6 Å². The highest BCUT2D eigenvalue weighted by atomic mass is 32.1. The monoisotopic (exact) mass is 320 g/mol. The van der Waals surface area contributed by atoms with Gasteiger partial charge >= 0.3 is 5.97 Å². The Hall–Kier alpha value is -2.41. The molecule has 6 nitrogen and oxygen atoms in total. The SMILES string of the molecule is COc1ccc(-c2nc(CC(=O)NCCC(=O)O)cs2)cc1. The van der Waals surface area contributed by atoms with Gasteiger partial charge in [0.05, 0.1) is 25.6 Å². The Morgan fingerprint density at radius 2 is 2.05 bits per heavy atom. The van der Waals surface area contributed by atoms with Gasteiger partial charge in [-0.1, -0.05) is 0 Å². The summed E-state index contributed by atoms with van der Waals surface area (Å²) in [4.78, 5) is 26.5. The minimum atomic E-state index is -0.934. The quantitative estimate of drug-likeness (QED) is 0.814. The fraction of sp³-hybridized carbons (Fsp3) is 0.267. The van der Waals surface area contributed by atoms with Crippen LogP contribution in [0.5, 0.6) is 5.75 Å². The second-order valence-electron chi connectivity index (χ2n) is 4.54. The lowest BCUT2D eigenvalue weighted by Gasteiger charge is -2.01. The van der Waals surface area contributed by atoms with Crippen LogP contribution in [0.1, 0.15) is 12.1 Å². The number of carboxylic acids is 1. The van der Waals surface area contributed by atoms with Crippen molar-refractivity contribution in [3.63, 3.8) is 0 Å². The minimum Gasteiger partial charge on any atom is -0.497 e. The average molecular weight is 320 g/mol. The molecule has 0 saturated heterocycles. The number of hydrogen-bond donors (Lipinski definition) is 2. The Morgan fingerprint density at radius 1 is 1.32 bits per heavy atom. The second-order valence-corrected chi connectivity index (χ2v) is 5.40. The highest BCUT2D eigenvalue weighted by molar-refractivity contribution is 7.13. The number of thiazole rings is 1. The number of amides is 1. The fourth-order valence-corrected chi connectivity index (χ4v) is 2.62. The first-order valence-electron chi connectivity index (χ1n) is 6.66. The fourth-order valence-electron chi connectivity index (χ4n) is 1.79. The molecule has 0 unspecified atom stereocenters. The summed E-state index contributed by atoms with van der Waals surface area (Å²) in [5.74, 6) is -0.387. The molecule has 2 rings (SSSR count). The molecule has 0 spiro atoms. The van der Waals surface area contributed by atoms with Crippen molar-refractivity contribution in [2.75, 3.05) is 13.7 Å². The highest BCUT2D eigenvalue weighted by Gasteiger charge is 2.09. The summed E-state index contributed by atoms with van der Waals surface area (Å²) in [6, 6.07) is 7.53. The Balaban J connectivity index is 1.93. The first-order valence-corrected chi connectivity index (χ1v) is 7.54. The smallest absolute Gasteiger partial charge is 0.305 e. The van der Waals surface area contributed by atoms with Crippen LogP contribution in [0.4, 0.5) is 0 Å². The topological polar surface area (TPSA) is 88.5 Å². The predicted molar refractivity (Wildman–Crippen MR) is 83.1 cm³/mol. The number of nitrogens with zero attached hydrogens (tertiary/aromatic N) is 1. The van der Waals surface area contributed by atoms with E-state index in [0.29, 0.717) is 5.69 Å². The number of ether oxygens (including phenoxy) is 1. The lowest BCUT2D eigenvalue weighted by Crippen LogP contribution is -2.27. The van der Waals surface area contributed by atoms with Gasteiger partial charge in [0, 0.05) is 17.5 Å². The molecule has 0 aliphatic rings. The van der Waals surface area contributed by atoms with Crippen LogP contribution in [-0.4, -0.2) is 35.6 Å². The van der Waals surface area contributed by atoms with E-state index in [1.165, 1.54) is 11.3 Å². The van der Waals surface area contributed by atoms with Crippen LogP contribution in [0, 0.1) is 0 Å². The van der Waals surface area contributed by atoms with Crippen molar-refractivity contribution in [2.24, 2.45) is 0 Å². The first-order chi connectivity index (χ1) is 10.6. The van der Waals surface area contributed by atoms with Crippen molar-refractivity contribution in [1.82, 2.24) is 10.3 Å². The minimum absolute atomic E-state index is 0.0834. The molecule has 0 saturated carbocycles. The second kappa shape index (κ2) is 7.56. The van der Waals surface area contributed by atoms with Gasteiger partial charge in [-0.15, -0.1) is 11.3 Å². The number of hydrogen-bond acceptors (Lipinski definition) is 5. The molecule has 0 bridgehead atoms. The van der Waals surface area contributed by atoms with Gasteiger partial charge < -0.3 is 15.2 Å². The molecule has 7 heteroatoms. The Morgan fingerprint density at radius 3 is 2.68 bits per heavy atom. The number of carbonyl (C=O) groups is 2. The van der Waals surface area contributed by atoms with E-state index in [0.717, 1.165) is 16.3 Å². The number of aliphatic carboxylic acids is 1. The summed E-state index contributed by atoms with van der Waals surface area (Å²) < 4.78 is 5.11. The molecule has 0 aliphatic heterocycles. The Bertz CT molecular complexity index is 652. The van der Waals surface area contributed by atoms with E-state index in [4.69, 9.17) is 9.84 Å². The number of carbonyl (C=O) groups excluding carboxylic acids is 1. The summed E-state index contributed by atoms with van der Waals surface area (Å²) in [7, 11) is 1.61. The zero-order valence-corrected chi connectivity index (χ0v) is 12.9. The van der Waals surface area contributed by atoms with Gasteiger partial charge in [0.25, 0.3) is 0 Å². The van der Waals surface area contributed by atoms with Crippen LogP contribution >= 0.6 is 11.3 Å². The molecule has 0 radical (unpaired) electrons. The third-order valence-corrected chi connectivity index (χ3v) is 3.83. The van der Waals surface area contributed by atoms with Crippen molar-refractivity contribution in [3.05, 3.63) is 35.3 Å². The predicted octanol–water partition coefficient (Wildman–Crippen LogP) is 1.95. The van der Waals surface area contributed by atoms with E-state index in [2.05, 4.69) is 10.3 Å². The van der Waals surface area contributed by atoms with E-state index in [1.54, 1.807) is 7.11 Å². The summed E-state index contributed by atoms with van der Waals surface area (Å²) >= 11 is 1.46. The van der Waals surface area contributed by atoms with Crippen molar-refractivity contribution < 1.29 is 19.4 Å². The molecular weight excluding hydrogens is 304 g/mol. The lowest BCUT2D eigenvalue weighted by molar-refractivity contribution is -0.136. The van der Waals surface area contributed by atoms with Gasteiger partial charge in [0.15, 0.2) is 0 Å². The molecule has 0 aliphatic carbocycles. The number of carboxylic acid groups (broad SMARTS) is 1.